The zero-order valence-electron chi connectivity index (χ0n) is 15.6. The topological polar surface area (TPSA) is 38.8 Å². The molecule has 1 fully saturated rings. The number of ether oxygens (including phenoxy) is 2. The van der Waals surface area contributed by atoms with E-state index in [-0.39, 0.29) is 5.91 Å². The number of hydrogen-bond acceptors (Lipinski definition) is 3. The molecule has 1 aliphatic rings. The third-order valence-corrected chi connectivity index (χ3v) is 5.01. The molecule has 0 bridgehead atoms. The molecule has 0 N–H and O–H groups in total. The van der Waals surface area contributed by atoms with Crippen LogP contribution in [-0.4, -0.2) is 37.1 Å². The Hall–Kier alpha value is -2.49. The fraction of sp³-hybridized carbons (Fsp3) is 0.409. The molecule has 138 valence electrons. The lowest BCUT2D eigenvalue weighted by atomic mass is 9.90. The van der Waals surface area contributed by atoms with E-state index in [4.69, 9.17) is 9.47 Å². The summed E-state index contributed by atoms with van der Waals surface area (Å²) in [5, 5.41) is 0. The standard InChI is InChI=1S/C22H27NO3/c1-17(26-21-10-8-20(25-2)9-11-21)22(24)23-14-12-19(13-15-23)16-18-6-4-3-5-7-18/h3-11,17,19H,12-16H2,1-2H3/t17-/m1/s1. The number of hydrogen-bond donors (Lipinski definition) is 0. The molecule has 4 heteroatoms. The van der Waals surface area contributed by atoms with Crippen molar-refractivity contribution in [2.24, 2.45) is 5.92 Å². The highest BCUT2D eigenvalue weighted by Gasteiger charge is 2.27. The average molecular weight is 353 g/mol. The number of carbonyl (C=O) groups is 1. The van der Waals surface area contributed by atoms with Gasteiger partial charge in [0.25, 0.3) is 5.91 Å². The second-order valence-electron chi connectivity index (χ2n) is 6.89. The number of carbonyl (C=O) groups excluding carboxylic acids is 1. The molecule has 0 aromatic heterocycles. The summed E-state index contributed by atoms with van der Waals surface area (Å²) in [6, 6.07) is 17.9. The Balaban J connectivity index is 1.47. The summed E-state index contributed by atoms with van der Waals surface area (Å²) < 4.78 is 10.9. The SMILES string of the molecule is COc1ccc(O[C@H](C)C(=O)N2CCC(Cc3ccccc3)CC2)cc1. The fourth-order valence-corrected chi connectivity index (χ4v) is 3.47. The minimum atomic E-state index is -0.478. The number of likely N-dealkylation sites (tertiary alicyclic amines) is 1. The molecule has 1 amide bonds. The maximum Gasteiger partial charge on any atom is 0.263 e. The minimum Gasteiger partial charge on any atom is -0.497 e. The average Bonchev–Trinajstić information content (AvgIpc) is 2.69. The molecule has 0 aliphatic carbocycles. The number of nitrogens with zero attached hydrogens (tertiary/aromatic N) is 1. The Kier molecular flexibility index (Phi) is 6.16. The van der Waals surface area contributed by atoms with E-state index in [1.807, 2.05) is 36.1 Å². The zero-order chi connectivity index (χ0) is 18.4. The van der Waals surface area contributed by atoms with Crippen molar-refractivity contribution in [3.8, 4) is 11.5 Å². The smallest absolute Gasteiger partial charge is 0.263 e. The van der Waals surface area contributed by atoms with Crippen molar-refractivity contribution in [2.75, 3.05) is 20.2 Å². The van der Waals surface area contributed by atoms with Crippen LogP contribution in [0.15, 0.2) is 54.6 Å². The van der Waals surface area contributed by atoms with Crippen molar-refractivity contribution in [3.63, 3.8) is 0 Å². The number of methoxy groups -OCH3 is 1. The Morgan fingerprint density at radius 3 is 2.27 bits per heavy atom. The van der Waals surface area contributed by atoms with Crippen LogP contribution in [0.5, 0.6) is 11.5 Å². The minimum absolute atomic E-state index is 0.0685. The number of piperidine rings is 1. The van der Waals surface area contributed by atoms with E-state index in [1.54, 1.807) is 7.11 Å². The van der Waals surface area contributed by atoms with E-state index in [9.17, 15) is 4.79 Å². The van der Waals surface area contributed by atoms with Gasteiger partial charge in [0.1, 0.15) is 11.5 Å². The van der Waals surface area contributed by atoms with Crippen molar-refractivity contribution in [2.45, 2.75) is 32.3 Å². The molecule has 0 saturated carbocycles. The highest BCUT2D eigenvalue weighted by Crippen LogP contribution is 2.23. The lowest BCUT2D eigenvalue weighted by molar-refractivity contribution is -0.139. The lowest BCUT2D eigenvalue weighted by Crippen LogP contribution is -2.45. The van der Waals surface area contributed by atoms with Gasteiger partial charge in [0, 0.05) is 13.1 Å². The molecule has 1 heterocycles. The van der Waals surface area contributed by atoms with Crippen LogP contribution >= 0.6 is 0 Å². The Labute approximate surface area is 155 Å². The third-order valence-electron chi connectivity index (χ3n) is 5.01. The Morgan fingerprint density at radius 1 is 1.04 bits per heavy atom. The van der Waals surface area contributed by atoms with E-state index < -0.39 is 6.10 Å². The van der Waals surface area contributed by atoms with E-state index in [1.165, 1.54) is 5.56 Å². The van der Waals surface area contributed by atoms with E-state index in [0.717, 1.165) is 38.1 Å². The molecular formula is C22H27NO3. The number of benzene rings is 2. The predicted octanol–water partition coefficient (Wildman–Crippen LogP) is 3.94. The van der Waals surface area contributed by atoms with Gasteiger partial charge in [-0.2, -0.15) is 0 Å². The van der Waals surface area contributed by atoms with Gasteiger partial charge in [-0.1, -0.05) is 30.3 Å². The summed E-state index contributed by atoms with van der Waals surface area (Å²) in [6.07, 6.45) is 2.72. The van der Waals surface area contributed by atoms with Crippen LogP contribution in [0.4, 0.5) is 0 Å². The summed E-state index contributed by atoms with van der Waals surface area (Å²) in [5.41, 5.74) is 1.38. The molecule has 2 aromatic rings. The van der Waals surface area contributed by atoms with E-state index in [0.29, 0.717) is 11.7 Å². The van der Waals surface area contributed by atoms with Gasteiger partial charge in [-0.15, -0.1) is 0 Å². The van der Waals surface area contributed by atoms with Gasteiger partial charge in [-0.25, -0.2) is 0 Å². The van der Waals surface area contributed by atoms with Gasteiger partial charge in [-0.05, 0) is 61.9 Å². The lowest BCUT2D eigenvalue weighted by Gasteiger charge is -2.33. The molecule has 0 unspecified atom stereocenters. The van der Waals surface area contributed by atoms with Crippen LogP contribution < -0.4 is 9.47 Å². The highest BCUT2D eigenvalue weighted by molar-refractivity contribution is 5.81. The first-order valence-corrected chi connectivity index (χ1v) is 9.29. The van der Waals surface area contributed by atoms with Gasteiger partial charge in [0.2, 0.25) is 0 Å². The van der Waals surface area contributed by atoms with Crippen molar-refractivity contribution in [3.05, 3.63) is 60.2 Å². The predicted molar refractivity (Wildman–Crippen MR) is 103 cm³/mol. The van der Waals surface area contributed by atoms with Crippen LogP contribution in [0.3, 0.4) is 0 Å². The van der Waals surface area contributed by atoms with Gasteiger partial charge < -0.3 is 14.4 Å². The van der Waals surface area contributed by atoms with Crippen LogP contribution in [0.2, 0.25) is 0 Å². The molecule has 26 heavy (non-hydrogen) atoms. The summed E-state index contributed by atoms with van der Waals surface area (Å²) in [5.74, 6) is 2.18. The first kappa shape index (κ1) is 18.3. The molecule has 1 aliphatic heterocycles. The van der Waals surface area contributed by atoms with E-state index >= 15 is 0 Å². The molecule has 0 spiro atoms. The third kappa shape index (κ3) is 4.78. The molecular weight excluding hydrogens is 326 g/mol. The largest absolute Gasteiger partial charge is 0.497 e. The summed E-state index contributed by atoms with van der Waals surface area (Å²) in [7, 11) is 1.63. The van der Waals surface area contributed by atoms with Crippen molar-refractivity contribution in [1.29, 1.82) is 0 Å². The van der Waals surface area contributed by atoms with Gasteiger partial charge in [0.15, 0.2) is 6.10 Å². The number of rotatable bonds is 6. The maximum atomic E-state index is 12.7. The van der Waals surface area contributed by atoms with Crippen molar-refractivity contribution in [1.82, 2.24) is 4.90 Å². The number of amides is 1. The monoisotopic (exact) mass is 353 g/mol. The summed E-state index contributed by atoms with van der Waals surface area (Å²) >= 11 is 0. The van der Waals surface area contributed by atoms with Crippen LogP contribution in [0, 0.1) is 5.92 Å². The molecule has 1 saturated heterocycles. The molecule has 3 rings (SSSR count). The quantitative estimate of drug-likeness (QED) is 0.789. The van der Waals surface area contributed by atoms with Crippen LogP contribution in [-0.2, 0) is 11.2 Å². The van der Waals surface area contributed by atoms with Crippen molar-refractivity contribution < 1.29 is 14.3 Å². The van der Waals surface area contributed by atoms with E-state index in [2.05, 4.69) is 30.3 Å². The van der Waals surface area contributed by atoms with Gasteiger partial charge in [-0.3, -0.25) is 4.79 Å². The Bertz CT molecular complexity index is 691. The molecule has 0 radical (unpaired) electrons. The second-order valence-corrected chi connectivity index (χ2v) is 6.89. The molecule has 1 atom stereocenters. The van der Waals surface area contributed by atoms with Crippen molar-refractivity contribution >= 4 is 5.91 Å². The van der Waals surface area contributed by atoms with Gasteiger partial charge >= 0.3 is 0 Å². The summed E-state index contributed by atoms with van der Waals surface area (Å²) in [4.78, 5) is 14.6. The van der Waals surface area contributed by atoms with Crippen LogP contribution in [0.25, 0.3) is 0 Å². The highest BCUT2D eigenvalue weighted by atomic mass is 16.5. The molecule has 4 nitrogen and oxygen atoms in total. The summed E-state index contributed by atoms with van der Waals surface area (Å²) in [6.45, 7) is 3.45. The van der Waals surface area contributed by atoms with Crippen LogP contribution in [0.1, 0.15) is 25.3 Å². The molecule has 2 aromatic carbocycles. The zero-order valence-corrected chi connectivity index (χ0v) is 15.6. The second kappa shape index (κ2) is 8.75. The Morgan fingerprint density at radius 2 is 1.65 bits per heavy atom. The maximum absolute atomic E-state index is 12.7. The normalized spacial score (nSPS) is 16.2. The fourth-order valence-electron chi connectivity index (χ4n) is 3.47. The first-order chi connectivity index (χ1) is 12.7. The van der Waals surface area contributed by atoms with Gasteiger partial charge in [0.05, 0.1) is 7.11 Å². The first-order valence-electron chi connectivity index (χ1n) is 9.29.